The molecule has 0 aromatic heterocycles. The monoisotopic (exact) mass is 301 g/mol. The van der Waals surface area contributed by atoms with Crippen molar-refractivity contribution < 1.29 is 0 Å². The Morgan fingerprint density at radius 3 is 2.69 bits per heavy atom. The fourth-order valence-corrected chi connectivity index (χ4v) is 1.92. The molecule has 0 heterocycles. The average molecular weight is 303 g/mol. The summed E-state index contributed by atoms with van der Waals surface area (Å²) in [5.41, 5.74) is 1.07. The van der Waals surface area contributed by atoms with Crippen LogP contribution in [-0.2, 0) is 0 Å². The minimum atomic E-state index is -0.0492. The van der Waals surface area contributed by atoms with Crippen LogP contribution >= 0.6 is 31.9 Å². The van der Waals surface area contributed by atoms with Gasteiger partial charge in [0.15, 0.2) is 0 Å². The van der Waals surface area contributed by atoms with Gasteiger partial charge < -0.3 is 5.32 Å². The van der Waals surface area contributed by atoms with E-state index >= 15 is 0 Å². The molecule has 1 unspecified atom stereocenters. The summed E-state index contributed by atoms with van der Waals surface area (Å²) in [6.07, 6.45) is 5.39. The lowest BCUT2D eigenvalue weighted by atomic mass is 10.1. The van der Waals surface area contributed by atoms with Crippen LogP contribution in [-0.4, -0.2) is 7.05 Å². The summed E-state index contributed by atoms with van der Waals surface area (Å²) in [5, 5.41) is 3.05. The van der Waals surface area contributed by atoms with Crippen LogP contribution in [0.4, 0.5) is 0 Å². The van der Waals surface area contributed by atoms with Crippen molar-refractivity contribution in [2.75, 3.05) is 7.05 Å². The summed E-state index contributed by atoms with van der Waals surface area (Å²) >= 11 is 6.86. The van der Waals surface area contributed by atoms with E-state index in [4.69, 9.17) is 6.42 Å². The molecule has 1 nitrogen and oxygen atoms in total. The highest BCUT2D eigenvalue weighted by Crippen LogP contribution is 2.26. The standard InChI is InChI=1S/C10H9Br2N/c1-3-10(13-2)8-6-7(11)4-5-9(8)12/h1,4-6,10,13H,2H3. The first-order chi connectivity index (χ1) is 6.19. The van der Waals surface area contributed by atoms with Gasteiger partial charge in [-0.2, -0.15) is 0 Å². The van der Waals surface area contributed by atoms with Crippen LogP contribution in [0.15, 0.2) is 27.1 Å². The minimum absolute atomic E-state index is 0.0492. The third kappa shape index (κ3) is 2.57. The van der Waals surface area contributed by atoms with Crippen molar-refractivity contribution in [3.63, 3.8) is 0 Å². The molecule has 0 fully saturated rings. The van der Waals surface area contributed by atoms with E-state index in [1.807, 2.05) is 25.2 Å². The van der Waals surface area contributed by atoms with Gasteiger partial charge >= 0.3 is 0 Å². The maximum atomic E-state index is 5.39. The van der Waals surface area contributed by atoms with Crippen molar-refractivity contribution in [1.29, 1.82) is 0 Å². The van der Waals surface area contributed by atoms with Gasteiger partial charge in [0.05, 0.1) is 6.04 Å². The summed E-state index contributed by atoms with van der Waals surface area (Å²) < 4.78 is 2.05. The number of halogens is 2. The summed E-state index contributed by atoms with van der Waals surface area (Å²) in [6.45, 7) is 0. The van der Waals surface area contributed by atoms with Gasteiger partial charge in [0, 0.05) is 8.95 Å². The predicted molar refractivity (Wildman–Crippen MR) is 62.5 cm³/mol. The number of hydrogen-bond acceptors (Lipinski definition) is 1. The molecule has 0 bridgehead atoms. The number of benzene rings is 1. The Morgan fingerprint density at radius 2 is 2.15 bits per heavy atom. The van der Waals surface area contributed by atoms with Crippen molar-refractivity contribution in [1.82, 2.24) is 5.32 Å². The van der Waals surface area contributed by atoms with Crippen molar-refractivity contribution in [3.8, 4) is 12.3 Å². The third-order valence-corrected chi connectivity index (χ3v) is 2.94. The van der Waals surface area contributed by atoms with Gasteiger partial charge in [-0.3, -0.25) is 0 Å². The normalized spacial score (nSPS) is 12.2. The quantitative estimate of drug-likeness (QED) is 0.828. The zero-order valence-electron chi connectivity index (χ0n) is 7.14. The van der Waals surface area contributed by atoms with E-state index in [1.54, 1.807) is 0 Å². The van der Waals surface area contributed by atoms with Crippen LogP contribution < -0.4 is 5.32 Å². The second kappa shape index (κ2) is 4.80. The lowest BCUT2D eigenvalue weighted by molar-refractivity contribution is 0.733. The highest BCUT2D eigenvalue weighted by atomic mass is 79.9. The third-order valence-electron chi connectivity index (χ3n) is 1.72. The lowest BCUT2D eigenvalue weighted by Crippen LogP contribution is -2.14. The van der Waals surface area contributed by atoms with E-state index in [2.05, 4.69) is 43.1 Å². The topological polar surface area (TPSA) is 12.0 Å². The van der Waals surface area contributed by atoms with Crippen LogP contribution in [0.25, 0.3) is 0 Å². The van der Waals surface area contributed by atoms with E-state index in [0.29, 0.717) is 0 Å². The highest BCUT2D eigenvalue weighted by molar-refractivity contribution is 9.11. The molecule has 3 heteroatoms. The van der Waals surface area contributed by atoms with Crippen LogP contribution in [0.5, 0.6) is 0 Å². The molecule has 0 aliphatic heterocycles. The Balaban J connectivity index is 3.13. The number of terminal acetylenes is 1. The molecule has 1 N–H and O–H groups in total. The fraction of sp³-hybridized carbons (Fsp3) is 0.200. The van der Waals surface area contributed by atoms with Gasteiger partial charge in [-0.25, -0.2) is 0 Å². The molecule has 1 rings (SSSR count). The maximum Gasteiger partial charge on any atom is 0.0952 e. The summed E-state index contributed by atoms with van der Waals surface area (Å²) in [7, 11) is 1.85. The number of nitrogens with one attached hydrogen (secondary N) is 1. The molecular weight excluding hydrogens is 294 g/mol. The van der Waals surface area contributed by atoms with Crippen molar-refractivity contribution in [2.24, 2.45) is 0 Å². The highest BCUT2D eigenvalue weighted by Gasteiger charge is 2.09. The number of hydrogen-bond donors (Lipinski definition) is 1. The Kier molecular flexibility index (Phi) is 3.98. The Labute approximate surface area is 95.2 Å². The van der Waals surface area contributed by atoms with Gasteiger partial charge in [0.1, 0.15) is 0 Å². The Bertz CT molecular complexity index is 341. The molecule has 1 aromatic carbocycles. The van der Waals surface area contributed by atoms with E-state index in [9.17, 15) is 0 Å². The van der Waals surface area contributed by atoms with E-state index < -0.39 is 0 Å². The van der Waals surface area contributed by atoms with Crippen LogP contribution in [0.2, 0.25) is 0 Å². The van der Waals surface area contributed by atoms with Crippen molar-refractivity contribution in [3.05, 3.63) is 32.7 Å². The molecule has 1 atom stereocenters. The first-order valence-electron chi connectivity index (χ1n) is 3.77. The van der Waals surface area contributed by atoms with E-state index in [0.717, 1.165) is 14.5 Å². The van der Waals surface area contributed by atoms with Gasteiger partial charge in [-0.15, -0.1) is 6.42 Å². The molecule has 68 valence electrons. The lowest BCUT2D eigenvalue weighted by Gasteiger charge is -2.11. The fourth-order valence-electron chi connectivity index (χ4n) is 1.06. The van der Waals surface area contributed by atoms with Crippen LogP contribution in [0.1, 0.15) is 11.6 Å². The zero-order valence-corrected chi connectivity index (χ0v) is 10.3. The van der Waals surface area contributed by atoms with Gasteiger partial charge in [-0.1, -0.05) is 37.8 Å². The Hall–Kier alpha value is -0.300. The Morgan fingerprint density at radius 1 is 1.46 bits per heavy atom. The SMILES string of the molecule is C#CC(NC)c1cc(Br)ccc1Br. The van der Waals surface area contributed by atoms with Crippen molar-refractivity contribution >= 4 is 31.9 Å². The smallest absolute Gasteiger partial charge is 0.0952 e. The molecule has 0 radical (unpaired) electrons. The zero-order chi connectivity index (χ0) is 9.84. The summed E-state index contributed by atoms with van der Waals surface area (Å²) in [4.78, 5) is 0. The molecule has 0 saturated heterocycles. The first-order valence-corrected chi connectivity index (χ1v) is 5.36. The molecule has 1 aromatic rings. The molecular formula is C10H9Br2N. The van der Waals surface area contributed by atoms with Crippen molar-refractivity contribution in [2.45, 2.75) is 6.04 Å². The van der Waals surface area contributed by atoms with Gasteiger partial charge in [0.25, 0.3) is 0 Å². The van der Waals surface area contributed by atoms with Gasteiger partial charge in [0.2, 0.25) is 0 Å². The maximum absolute atomic E-state index is 5.39. The average Bonchev–Trinajstić information content (AvgIpc) is 2.13. The van der Waals surface area contributed by atoms with E-state index in [-0.39, 0.29) is 6.04 Å². The minimum Gasteiger partial charge on any atom is -0.303 e. The second-order valence-corrected chi connectivity index (χ2v) is 4.32. The predicted octanol–water partition coefficient (Wildman–Crippen LogP) is 3.11. The van der Waals surface area contributed by atoms with E-state index in [1.165, 1.54) is 0 Å². The first kappa shape index (κ1) is 10.8. The van der Waals surface area contributed by atoms with Crippen LogP contribution in [0, 0.1) is 12.3 Å². The molecule has 0 aliphatic rings. The second-order valence-electron chi connectivity index (χ2n) is 2.55. The summed E-state index contributed by atoms with van der Waals surface area (Å²) in [5.74, 6) is 2.67. The van der Waals surface area contributed by atoms with Gasteiger partial charge in [-0.05, 0) is 30.8 Å². The molecule has 13 heavy (non-hydrogen) atoms. The summed E-state index contributed by atoms with van der Waals surface area (Å²) in [6, 6.07) is 5.90. The molecule has 0 saturated carbocycles. The molecule has 0 amide bonds. The molecule has 0 aliphatic carbocycles. The molecule has 0 spiro atoms. The largest absolute Gasteiger partial charge is 0.303 e. The number of rotatable bonds is 2. The van der Waals surface area contributed by atoms with Crippen LogP contribution in [0.3, 0.4) is 0 Å².